The summed E-state index contributed by atoms with van der Waals surface area (Å²) >= 11 is 1.21. The van der Waals surface area contributed by atoms with Crippen LogP contribution in [0.25, 0.3) is 6.08 Å². The van der Waals surface area contributed by atoms with Crippen LogP contribution >= 0.6 is 11.3 Å². The highest BCUT2D eigenvalue weighted by Crippen LogP contribution is 2.16. The van der Waals surface area contributed by atoms with Gasteiger partial charge in [-0.1, -0.05) is 12.7 Å². The van der Waals surface area contributed by atoms with Crippen LogP contribution in [0.5, 0.6) is 0 Å². The third kappa shape index (κ3) is 1.09. The van der Waals surface area contributed by atoms with Crippen molar-refractivity contribution in [3.63, 3.8) is 0 Å². The second-order valence-corrected chi connectivity index (χ2v) is 2.63. The van der Waals surface area contributed by atoms with E-state index in [0.717, 1.165) is 0 Å². The first-order valence-corrected chi connectivity index (χ1v) is 3.57. The number of thiophene rings is 1. The molecule has 0 saturated carbocycles. The largest absolute Gasteiger partial charge is 0.477 e. The van der Waals surface area contributed by atoms with Crippen LogP contribution in [0.1, 0.15) is 15.2 Å². The van der Waals surface area contributed by atoms with E-state index >= 15 is 0 Å². The minimum Gasteiger partial charge on any atom is -0.477 e. The van der Waals surface area contributed by atoms with Crippen LogP contribution in [0.2, 0.25) is 0 Å². The second kappa shape index (κ2) is 2.66. The Morgan fingerprint density at radius 1 is 1.80 bits per heavy atom. The number of carboxylic acids is 1. The van der Waals surface area contributed by atoms with E-state index in [-0.39, 0.29) is 0 Å². The summed E-state index contributed by atoms with van der Waals surface area (Å²) in [6, 6.07) is 1.74. The zero-order valence-corrected chi connectivity index (χ0v) is 6.02. The molecule has 0 aromatic carbocycles. The molecule has 52 valence electrons. The Bertz CT molecular complexity index is 262. The summed E-state index contributed by atoms with van der Waals surface area (Å²) in [4.78, 5) is 10.8. The van der Waals surface area contributed by atoms with E-state index in [9.17, 15) is 4.79 Å². The number of carbonyl (C=O) groups is 1. The Kier molecular flexibility index (Phi) is 1.87. The van der Waals surface area contributed by atoms with E-state index in [1.165, 1.54) is 11.3 Å². The first-order chi connectivity index (χ1) is 4.75. The lowest BCUT2D eigenvalue weighted by molar-refractivity contribution is 0.0702. The van der Waals surface area contributed by atoms with Gasteiger partial charge in [-0.3, -0.25) is 0 Å². The van der Waals surface area contributed by atoms with Crippen molar-refractivity contribution in [1.29, 1.82) is 0 Å². The maximum Gasteiger partial charge on any atom is 0.346 e. The monoisotopic (exact) mass is 154 g/mol. The maximum atomic E-state index is 10.4. The molecule has 1 aromatic heterocycles. The Morgan fingerprint density at radius 2 is 2.50 bits per heavy atom. The van der Waals surface area contributed by atoms with Gasteiger partial charge in [0.25, 0.3) is 0 Å². The molecule has 0 amide bonds. The van der Waals surface area contributed by atoms with Crippen LogP contribution in [0.3, 0.4) is 0 Å². The average Bonchev–Trinajstić information content (AvgIpc) is 2.33. The lowest BCUT2D eigenvalue weighted by Crippen LogP contribution is -1.93. The second-order valence-electron chi connectivity index (χ2n) is 1.71. The predicted octanol–water partition coefficient (Wildman–Crippen LogP) is 2.09. The highest BCUT2D eigenvalue weighted by Gasteiger charge is 2.07. The Hall–Kier alpha value is -1.09. The van der Waals surface area contributed by atoms with Gasteiger partial charge in [-0.25, -0.2) is 4.79 Å². The molecular weight excluding hydrogens is 148 g/mol. The van der Waals surface area contributed by atoms with Crippen molar-refractivity contribution >= 4 is 23.4 Å². The van der Waals surface area contributed by atoms with Crippen LogP contribution in [0.15, 0.2) is 18.0 Å². The molecule has 10 heavy (non-hydrogen) atoms. The van der Waals surface area contributed by atoms with Crippen LogP contribution in [0.4, 0.5) is 0 Å². The molecule has 1 aromatic rings. The minimum absolute atomic E-state index is 0.356. The Labute approximate surface area is 62.4 Å². The van der Waals surface area contributed by atoms with Crippen molar-refractivity contribution in [2.45, 2.75) is 0 Å². The summed E-state index contributed by atoms with van der Waals surface area (Å²) in [5.41, 5.74) is 0.692. The van der Waals surface area contributed by atoms with Gasteiger partial charge in [0.15, 0.2) is 0 Å². The van der Waals surface area contributed by atoms with Crippen molar-refractivity contribution in [2.75, 3.05) is 0 Å². The molecule has 1 N–H and O–H groups in total. The lowest BCUT2D eigenvalue weighted by atomic mass is 10.2. The van der Waals surface area contributed by atoms with E-state index in [2.05, 4.69) is 6.58 Å². The fraction of sp³-hybridized carbons (Fsp3) is 0. The van der Waals surface area contributed by atoms with E-state index < -0.39 is 5.97 Å². The standard InChI is InChI=1S/C7H6O2S/c1-2-5-3-4-10-6(5)7(8)9/h2-4H,1H2,(H,8,9). The molecule has 0 unspecified atom stereocenters. The third-order valence-electron chi connectivity index (χ3n) is 1.11. The number of rotatable bonds is 2. The summed E-state index contributed by atoms with van der Waals surface area (Å²) in [5, 5.41) is 10.3. The van der Waals surface area contributed by atoms with Gasteiger partial charge in [0.2, 0.25) is 0 Å². The fourth-order valence-corrected chi connectivity index (χ4v) is 1.39. The van der Waals surface area contributed by atoms with Gasteiger partial charge < -0.3 is 5.11 Å². The third-order valence-corrected chi connectivity index (χ3v) is 2.03. The van der Waals surface area contributed by atoms with Gasteiger partial charge in [-0.15, -0.1) is 11.3 Å². The van der Waals surface area contributed by atoms with E-state index in [4.69, 9.17) is 5.11 Å². The quantitative estimate of drug-likeness (QED) is 0.708. The van der Waals surface area contributed by atoms with Crippen molar-refractivity contribution < 1.29 is 9.90 Å². The summed E-state index contributed by atoms with van der Waals surface area (Å²) in [7, 11) is 0. The smallest absolute Gasteiger partial charge is 0.346 e. The summed E-state index contributed by atoms with van der Waals surface area (Å²) in [6.07, 6.45) is 1.54. The predicted molar refractivity (Wildman–Crippen MR) is 41.4 cm³/mol. The number of carboxylic acid groups (broad SMARTS) is 1. The lowest BCUT2D eigenvalue weighted by Gasteiger charge is -1.87. The van der Waals surface area contributed by atoms with Gasteiger partial charge in [-0.05, 0) is 17.0 Å². The maximum absolute atomic E-state index is 10.4. The van der Waals surface area contributed by atoms with E-state index in [1.807, 2.05) is 0 Å². The zero-order valence-electron chi connectivity index (χ0n) is 5.20. The molecule has 0 bridgehead atoms. The van der Waals surface area contributed by atoms with Gasteiger partial charge in [0, 0.05) is 0 Å². The van der Waals surface area contributed by atoms with Crippen LogP contribution in [-0.2, 0) is 0 Å². The molecule has 2 nitrogen and oxygen atoms in total. The molecule has 0 aliphatic heterocycles. The highest BCUT2D eigenvalue weighted by atomic mass is 32.1. The molecule has 0 saturated heterocycles. The van der Waals surface area contributed by atoms with Crippen molar-refractivity contribution in [3.8, 4) is 0 Å². The highest BCUT2D eigenvalue weighted by molar-refractivity contribution is 7.12. The summed E-state index contributed by atoms with van der Waals surface area (Å²) < 4.78 is 0. The van der Waals surface area contributed by atoms with E-state index in [1.54, 1.807) is 17.5 Å². The van der Waals surface area contributed by atoms with Gasteiger partial charge in [-0.2, -0.15) is 0 Å². The molecule has 0 radical (unpaired) electrons. The van der Waals surface area contributed by atoms with Crippen molar-refractivity contribution in [2.24, 2.45) is 0 Å². The molecule has 3 heteroatoms. The van der Waals surface area contributed by atoms with Crippen LogP contribution < -0.4 is 0 Å². The normalized spacial score (nSPS) is 9.20. The topological polar surface area (TPSA) is 37.3 Å². The molecular formula is C7H6O2S. The summed E-state index contributed by atoms with van der Waals surface area (Å²) in [6.45, 7) is 3.49. The molecule has 1 rings (SSSR count). The molecule has 0 aliphatic carbocycles. The first kappa shape index (κ1) is 7.02. The van der Waals surface area contributed by atoms with Crippen LogP contribution in [0, 0.1) is 0 Å². The molecule has 1 heterocycles. The fourth-order valence-electron chi connectivity index (χ4n) is 0.654. The Morgan fingerprint density at radius 3 is 2.90 bits per heavy atom. The molecule has 0 spiro atoms. The van der Waals surface area contributed by atoms with Crippen molar-refractivity contribution in [1.82, 2.24) is 0 Å². The number of hydrogen-bond donors (Lipinski definition) is 1. The van der Waals surface area contributed by atoms with Gasteiger partial charge in [0.05, 0.1) is 0 Å². The number of aromatic carboxylic acids is 1. The Balaban J connectivity index is 3.13. The first-order valence-electron chi connectivity index (χ1n) is 2.69. The SMILES string of the molecule is C=Cc1ccsc1C(=O)O. The zero-order chi connectivity index (χ0) is 7.56. The van der Waals surface area contributed by atoms with Gasteiger partial charge >= 0.3 is 5.97 Å². The average molecular weight is 154 g/mol. The van der Waals surface area contributed by atoms with Crippen molar-refractivity contribution in [3.05, 3.63) is 28.5 Å². The molecule has 0 fully saturated rings. The van der Waals surface area contributed by atoms with E-state index in [0.29, 0.717) is 10.4 Å². The molecule has 0 aliphatic rings. The molecule has 0 atom stereocenters. The van der Waals surface area contributed by atoms with Gasteiger partial charge in [0.1, 0.15) is 4.88 Å². The number of hydrogen-bond acceptors (Lipinski definition) is 2. The van der Waals surface area contributed by atoms with Crippen LogP contribution in [-0.4, -0.2) is 11.1 Å². The summed E-state index contributed by atoms with van der Waals surface area (Å²) in [5.74, 6) is -0.884. The minimum atomic E-state index is -0.884.